The Balaban J connectivity index is 1.10. The Morgan fingerprint density at radius 3 is 2.74 bits per heavy atom. The zero-order valence-corrected chi connectivity index (χ0v) is 19.5. The topological polar surface area (TPSA) is 82.9 Å². The number of pyridine rings is 1. The molecule has 3 aromatic rings. The van der Waals surface area contributed by atoms with Crippen LogP contribution in [0, 0.1) is 5.41 Å². The number of hydrogen-bond acceptors (Lipinski definition) is 7. The summed E-state index contributed by atoms with van der Waals surface area (Å²) in [5, 5.41) is 1.10. The summed E-state index contributed by atoms with van der Waals surface area (Å²) in [5.41, 5.74) is 9.41. The Hall–Kier alpha value is -2.94. The standard InChI is InChI=1S/C26H31N5O3/c1-30-11-7-26(25(30)32)8-12-31(13-9-26)16-19-17-33-23-14-20(3-4-21(19)23)34-24-5-2-18(15-27-24)22-6-10-28-29-22/h2-5,14-15,17,22,28-29H,6-13,16H2,1H3. The van der Waals surface area contributed by atoms with Gasteiger partial charge in [0.2, 0.25) is 11.8 Å². The van der Waals surface area contributed by atoms with E-state index in [1.165, 1.54) is 5.56 Å². The number of rotatable bonds is 5. The quantitative estimate of drug-likeness (QED) is 0.601. The molecule has 1 unspecified atom stereocenters. The van der Waals surface area contributed by atoms with Crippen molar-refractivity contribution in [3.05, 3.63) is 53.9 Å². The fraction of sp³-hybridized carbons (Fsp3) is 0.462. The maximum absolute atomic E-state index is 12.6. The highest BCUT2D eigenvalue weighted by Crippen LogP contribution is 2.41. The number of carbonyl (C=O) groups is 1. The summed E-state index contributed by atoms with van der Waals surface area (Å²) in [6, 6.07) is 10.2. The number of hydrazine groups is 1. The summed E-state index contributed by atoms with van der Waals surface area (Å²) in [7, 11) is 1.93. The lowest BCUT2D eigenvalue weighted by molar-refractivity contribution is -0.137. The molecule has 5 heterocycles. The van der Waals surface area contributed by atoms with Gasteiger partial charge in [-0.05, 0) is 56.5 Å². The van der Waals surface area contributed by atoms with Gasteiger partial charge in [-0.2, -0.15) is 0 Å². The first kappa shape index (κ1) is 21.6. The first-order valence-electron chi connectivity index (χ1n) is 12.2. The van der Waals surface area contributed by atoms with Crippen LogP contribution in [0.3, 0.4) is 0 Å². The van der Waals surface area contributed by atoms with Crippen LogP contribution >= 0.6 is 0 Å². The van der Waals surface area contributed by atoms with Gasteiger partial charge in [-0.25, -0.2) is 4.98 Å². The smallest absolute Gasteiger partial charge is 0.228 e. The van der Waals surface area contributed by atoms with Gasteiger partial charge in [-0.3, -0.25) is 20.5 Å². The van der Waals surface area contributed by atoms with Gasteiger partial charge in [0.1, 0.15) is 11.3 Å². The van der Waals surface area contributed by atoms with E-state index in [0.717, 1.165) is 74.9 Å². The summed E-state index contributed by atoms with van der Waals surface area (Å²) >= 11 is 0. The second-order valence-corrected chi connectivity index (χ2v) is 9.90. The highest BCUT2D eigenvalue weighted by atomic mass is 16.5. The molecule has 1 spiro atoms. The van der Waals surface area contributed by atoms with Crippen molar-refractivity contribution in [1.82, 2.24) is 25.6 Å². The number of aromatic nitrogens is 1. The molecule has 1 amide bonds. The summed E-state index contributed by atoms with van der Waals surface area (Å²) < 4.78 is 11.9. The second kappa shape index (κ2) is 8.69. The Kier molecular flexibility index (Phi) is 5.51. The zero-order chi connectivity index (χ0) is 23.1. The molecule has 0 aliphatic carbocycles. The second-order valence-electron chi connectivity index (χ2n) is 9.90. The molecule has 8 nitrogen and oxygen atoms in total. The molecule has 3 fully saturated rings. The number of amides is 1. The van der Waals surface area contributed by atoms with Crippen molar-refractivity contribution in [2.75, 3.05) is 33.2 Å². The molecule has 8 heteroatoms. The third kappa shape index (κ3) is 3.96. The van der Waals surface area contributed by atoms with E-state index in [9.17, 15) is 4.79 Å². The number of hydrogen-bond donors (Lipinski definition) is 2. The molecule has 0 bridgehead atoms. The number of furan rings is 1. The molecule has 3 aliphatic rings. The number of ether oxygens (including phenoxy) is 1. The van der Waals surface area contributed by atoms with Crippen molar-refractivity contribution in [3.8, 4) is 11.6 Å². The van der Waals surface area contributed by atoms with Gasteiger partial charge in [0, 0.05) is 62.0 Å². The normalized spacial score (nSPS) is 22.8. The summed E-state index contributed by atoms with van der Waals surface area (Å²) in [5.74, 6) is 1.61. The number of nitrogens with one attached hydrogen (secondary N) is 2. The molecule has 1 aromatic carbocycles. The minimum atomic E-state index is -0.118. The highest BCUT2D eigenvalue weighted by molar-refractivity contribution is 5.85. The first-order valence-corrected chi connectivity index (χ1v) is 12.2. The molecular formula is C26H31N5O3. The van der Waals surface area contributed by atoms with Crippen LogP contribution in [0.15, 0.2) is 47.2 Å². The summed E-state index contributed by atoms with van der Waals surface area (Å²) in [4.78, 5) is 21.4. The van der Waals surface area contributed by atoms with E-state index in [4.69, 9.17) is 9.15 Å². The van der Waals surface area contributed by atoms with Crippen LogP contribution in [-0.4, -0.2) is 53.9 Å². The fourth-order valence-electron chi connectivity index (χ4n) is 5.60. The van der Waals surface area contributed by atoms with Crippen molar-refractivity contribution in [3.63, 3.8) is 0 Å². The molecule has 6 rings (SSSR count). The van der Waals surface area contributed by atoms with E-state index in [0.29, 0.717) is 23.6 Å². The van der Waals surface area contributed by atoms with Crippen LogP contribution in [0.4, 0.5) is 0 Å². The highest BCUT2D eigenvalue weighted by Gasteiger charge is 2.46. The first-order chi connectivity index (χ1) is 16.6. The molecule has 2 N–H and O–H groups in total. The number of carbonyl (C=O) groups excluding carboxylic acids is 1. The summed E-state index contributed by atoms with van der Waals surface area (Å²) in [6.45, 7) is 4.58. The van der Waals surface area contributed by atoms with Crippen molar-refractivity contribution in [1.29, 1.82) is 0 Å². The Labute approximate surface area is 199 Å². The third-order valence-electron chi connectivity index (χ3n) is 7.78. The summed E-state index contributed by atoms with van der Waals surface area (Å²) in [6.07, 6.45) is 7.66. The monoisotopic (exact) mass is 461 g/mol. The van der Waals surface area contributed by atoms with Crippen molar-refractivity contribution in [2.45, 2.75) is 38.3 Å². The average Bonchev–Trinajstić information content (AvgIpc) is 3.59. The molecular weight excluding hydrogens is 430 g/mol. The molecule has 0 saturated carbocycles. The molecule has 3 aliphatic heterocycles. The van der Waals surface area contributed by atoms with E-state index >= 15 is 0 Å². The van der Waals surface area contributed by atoms with Gasteiger partial charge in [-0.15, -0.1) is 0 Å². The van der Waals surface area contributed by atoms with Gasteiger partial charge in [0.15, 0.2) is 0 Å². The molecule has 34 heavy (non-hydrogen) atoms. The van der Waals surface area contributed by atoms with E-state index < -0.39 is 0 Å². The third-order valence-corrected chi connectivity index (χ3v) is 7.78. The Bertz CT molecular complexity index is 1180. The van der Waals surface area contributed by atoms with Crippen LogP contribution < -0.4 is 15.6 Å². The van der Waals surface area contributed by atoms with E-state index in [1.807, 2.05) is 42.6 Å². The average molecular weight is 462 g/mol. The minimum Gasteiger partial charge on any atom is -0.464 e. The van der Waals surface area contributed by atoms with Crippen molar-refractivity contribution >= 4 is 16.9 Å². The number of nitrogens with zero attached hydrogens (tertiary/aromatic N) is 3. The number of piperidine rings is 1. The lowest BCUT2D eigenvalue weighted by Gasteiger charge is -2.37. The zero-order valence-electron chi connectivity index (χ0n) is 19.5. The van der Waals surface area contributed by atoms with Crippen LogP contribution in [0.5, 0.6) is 11.6 Å². The molecule has 178 valence electrons. The van der Waals surface area contributed by atoms with Gasteiger partial charge in [0.05, 0.1) is 11.7 Å². The SMILES string of the molecule is CN1CCC2(CCN(Cc3coc4cc(Oc5ccc(C6CCNN6)cn5)ccc34)CC2)C1=O. The van der Waals surface area contributed by atoms with Gasteiger partial charge >= 0.3 is 0 Å². The molecule has 1 atom stereocenters. The fourth-order valence-corrected chi connectivity index (χ4v) is 5.60. The number of likely N-dealkylation sites (tertiary alicyclic amines) is 2. The maximum atomic E-state index is 12.6. The van der Waals surface area contributed by atoms with Crippen LogP contribution in [-0.2, 0) is 11.3 Å². The molecule has 0 radical (unpaired) electrons. The van der Waals surface area contributed by atoms with E-state index in [1.54, 1.807) is 0 Å². The van der Waals surface area contributed by atoms with Crippen LogP contribution in [0.1, 0.15) is 42.9 Å². The predicted octanol–water partition coefficient (Wildman–Crippen LogP) is 3.60. The predicted molar refractivity (Wildman–Crippen MR) is 128 cm³/mol. The molecule has 3 saturated heterocycles. The number of benzene rings is 1. The Morgan fingerprint density at radius 1 is 1.18 bits per heavy atom. The lowest BCUT2D eigenvalue weighted by Crippen LogP contribution is -2.43. The van der Waals surface area contributed by atoms with Crippen molar-refractivity contribution < 1.29 is 13.9 Å². The largest absolute Gasteiger partial charge is 0.464 e. The van der Waals surface area contributed by atoms with Gasteiger partial charge in [0.25, 0.3) is 0 Å². The Morgan fingerprint density at radius 2 is 2.03 bits per heavy atom. The van der Waals surface area contributed by atoms with Gasteiger partial charge in [-0.1, -0.05) is 6.07 Å². The van der Waals surface area contributed by atoms with Crippen LogP contribution in [0.2, 0.25) is 0 Å². The van der Waals surface area contributed by atoms with E-state index in [2.05, 4.69) is 32.9 Å². The van der Waals surface area contributed by atoms with Crippen LogP contribution in [0.25, 0.3) is 11.0 Å². The van der Waals surface area contributed by atoms with E-state index in [-0.39, 0.29) is 5.41 Å². The molecule has 2 aromatic heterocycles. The lowest BCUT2D eigenvalue weighted by atomic mass is 9.77. The van der Waals surface area contributed by atoms with Gasteiger partial charge < -0.3 is 14.1 Å². The van der Waals surface area contributed by atoms with Crippen molar-refractivity contribution in [2.24, 2.45) is 5.41 Å². The maximum Gasteiger partial charge on any atom is 0.228 e. The minimum absolute atomic E-state index is 0.118. The number of fused-ring (bicyclic) bond motifs is 1.